The highest BCUT2D eigenvalue weighted by Crippen LogP contribution is 2.30. The highest BCUT2D eigenvalue weighted by molar-refractivity contribution is 7.89. The lowest BCUT2D eigenvalue weighted by Gasteiger charge is -2.31. The molecule has 1 fully saturated rings. The first-order valence-corrected chi connectivity index (χ1v) is 12.9. The van der Waals surface area contributed by atoms with Crippen molar-refractivity contribution in [1.82, 2.24) is 38.6 Å². The van der Waals surface area contributed by atoms with Crippen molar-refractivity contribution in [3.05, 3.63) is 70.8 Å². The van der Waals surface area contributed by atoms with Crippen LogP contribution in [0.15, 0.2) is 53.9 Å². The average Bonchev–Trinajstić information content (AvgIpc) is 3.55. The smallest absolute Gasteiger partial charge is 0.246 e. The van der Waals surface area contributed by atoms with Crippen molar-refractivity contribution in [2.24, 2.45) is 7.05 Å². The number of nitrogens with one attached hydrogen (secondary N) is 1. The molecule has 0 saturated carbocycles. The third-order valence-corrected chi connectivity index (χ3v) is 8.20. The molecule has 10 nitrogen and oxygen atoms in total. The van der Waals surface area contributed by atoms with Gasteiger partial charge in [0.2, 0.25) is 10.0 Å². The van der Waals surface area contributed by atoms with Crippen LogP contribution in [-0.4, -0.2) is 60.1 Å². The Morgan fingerprint density at radius 2 is 1.94 bits per heavy atom. The van der Waals surface area contributed by atoms with E-state index in [1.54, 1.807) is 13.2 Å². The Hall–Kier alpha value is -3.09. The van der Waals surface area contributed by atoms with Gasteiger partial charge < -0.3 is 0 Å². The van der Waals surface area contributed by atoms with Crippen molar-refractivity contribution in [2.45, 2.75) is 37.1 Å². The number of nitrogens with zero attached hydrogens (tertiary/aromatic N) is 7. The number of aryl methyl sites for hydroxylation is 2. The van der Waals surface area contributed by atoms with Crippen LogP contribution in [0, 0.1) is 11.7 Å². The predicted octanol–water partition coefficient (Wildman–Crippen LogP) is 2.78. The fraction of sp³-hybridized carbons (Fsp3) is 0.364. The summed E-state index contributed by atoms with van der Waals surface area (Å²) in [5.74, 6) is 0.611. The number of hydrogen-bond acceptors (Lipinski definition) is 6. The molecule has 1 aromatic carbocycles. The maximum Gasteiger partial charge on any atom is 0.246 e. The molecule has 4 heterocycles. The molecule has 0 radical (unpaired) electrons. The minimum Gasteiger partial charge on any atom is -0.274 e. The minimum absolute atomic E-state index is 0.103. The van der Waals surface area contributed by atoms with Crippen LogP contribution in [0.2, 0.25) is 0 Å². The van der Waals surface area contributed by atoms with E-state index in [-0.39, 0.29) is 10.8 Å². The zero-order valence-electron chi connectivity index (χ0n) is 19.0. The van der Waals surface area contributed by atoms with E-state index < -0.39 is 10.0 Å². The number of H-pyrrole nitrogens is 1. The molecule has 3 aromatic heterocycles. The van der Waals surface area contributed by atoms with Gasteiger partial charge in [-0.05, 0) is 37.5 Å². The number of hydrogen-bond donors (Lipinski definition) is 1. The van der Waals surface area contributed by atoms with E-state index in [2.05, 4.69) is 51.6 Å². The Kier molecular flexibility index (Phi) is 5.96. The predicted molar refractivity (Wildman–Crippen MR) is 129 cm³/mol. The summed E-state index contributed by atoms with van der Waals surface area (Å²) in [5.41, 5.74) is 3.17. The minimum atomic E-state index is -3.63. The van der Waals surface area contributed by atoms with Crippen LogP contribution in [0.5, 0.6) is 0 Å². The zero-order chi connectivity index (χ0) is 23.9. The lowest BCUT2D eigenvalue weighted by molar-refractivity contribution is 0.307. The third kappa shape index (κ3) is 4.36. The SMILES string of the molecule is Cc1ccc(Cn2cc(-n3c([C@H]4CCCN(S(=O)(=O)c5cnn(C)c5)C4)n[nH]c3=S)cn2)cc1. The largest absolute Gasteiger partial charge is 0.274 e. The van der Waals surface area contributed by atoms with Gasteiger partial charge in [-0.1, -0.05) is 29.8 Å². The molecule has 1 aliphatic rings. The summed E-state index contributed by atoms with van der Waals surface area (Å²) < 4.78 is 33.5. The third-order valence-electron chi connectivity index (χ3n) is 6.11. The van der Waals surface area contributed by atoms with Crippen molar-refractivity contribution in [3.63, 3.8) is 0 Å². The van der Waals surface area contributed by atoms with Gasteiger partial charge in [-0.2, -0.15) is 19.6 Å². The molecule has 0 aliphatic carbocycles. The van der Waals surface area contributed by atoms with E-state index in [1.807, 2.05) is 15.4 Å². The lowest BCUT2D eigenvalue weighted by atomic mass is 9.99. The molecule has 0 spiro atoms. The van der Waals surface area contributed by atoms with Gasteiger partial charge in [0.15, 0.2) is 4.77 Å². The molecular formula is C22H26N8O2S2. The van der Waals surface area contributed by atoms with Crippen LogP contribution >= 0.6 is 12.2 Å². The fourth-order valence-electron chi connectivity index (χ4n) is 4.32. The quantitative estimate of drug-likeness (QED) is 0.410. The first-order chi connectivity index (χ1) is 16.3. The first-order valence-electron chi connectivity index (χ1n) is 11.1. The van der Waals surface area contributed by atoms with Gasteiger partial charge >= 0.3 is 0 Å². The second-order valence-electron chi connectivity index (χ2n) is 8.66. The molecular weight excluding hydrogens is 472 g/mol. The normalized spacial score (nSPS) is 17.3. The highest BCUT2D eigenvalue weighted by atomic mass is 32.2. The first kappa shape index (κ1) is 22.7. The molecule has 1 atom stereocenters. The zero-order valence-corrected chi connectivity index (χ0v) is 20.6. The van der Waals surface area contributed by atoms with Crippen LogP contribution in [0.4, 0.5) is 0 Å². The molecule has 12 heteroatoms. The van der Waals surface area contributed by atoms with E-state index in [9.17, 15) is 8.42 Å². The number of rotatable bonds is 6. The Labute approximate surface area is 202 Å². The number of benzene rings is 1. The fourth-order valence-corrected chi connectivity index (χ4v) is 6.07. The van der Waals surface area contributed by atoms with Crippen LogP contribution in [0.1, 0.15) is 35.7 Å². The van der Waals surface area contributed by atoms with Crippen LogP contribution in [0.25, 0.3) is 5.69 Å². The van der Waals surface area contributed by atoms with Crippen LogP contribution in [0.3, 0.4) is 0 Å². The summed E-state index contributed by atoms with van der Waals surface area (Å²) in [6.07, 6.45) is 8.15. The summed E-state index contributed by atoms with van der Waals surface area (Å²) in [6.45, 7) is 3.50. The van der Waals surface area contributed by atoms with Crippen molar-refractivity contribution in [3.8, 4) is 5.69 Å². The van der Waals surface area contributed by atoms with E-state index in [4.69, 9.17) is 12.2 Å². The Balaban J connectivity index is 1.40. The van der Waals surface area contributed by atoms with Gasteiger partial charge in [-0.3, -0.25) is 19.0 Å². The second kappa shape index (κ2) is 8.93. The molecule has 178 valence electrons. The standard InChI is InChI=1S/C22H26N8O2S2/c1-16-5-7-17(8-6-16)12-28-14-19(10-24-28)30-21(25-26-22(30)33)18-4-3-9-29(13-18)34(31,32)20-11-23-27(2)15-20/h5-8,10-11,14-15,18H,3-4,9,12-13H2,1-2H3,(H,26,33)/t18-/m0/s1. The highest BCUT2D eigenvalue weighted by Gasteiger charge is 2.34. The van der Waals surface area contributed by atoms with Gasteiger partial charge in [-0.25, -0.2) is 8.42 Å². The summed E-state index contributed by atoms with van der Waals surface area (Å²) in [4.78, 5) is 0.201. The molecule has 4 aromatic rings. The molecule has 5 rings (SSSR count). The summed E-state index contributed by atoms with van der Waals surface area (Å²) in [6, 6.07) is 8.34. The van der Waals surface area contributed by atoms with Crippen molar-refractivity contribution < 1.29 is 8.42 Å². The van der Waals surface area contributed by atoms with Crippen LogP contribution < -0.4 is 0 Å². The summed E-state index contributed by atoms with van der Waals surface area (Å²) in [7, 11) is -1.92. The maximum atomic E-state index is 13.1. The van der Waals surface area contributed by atoms with Crippen molar-refractivity contribution in [1.29, 1.82) is 0 Å². The number of aromatic nitrogens is 7. The van der Waals surface area contributed by atoms with E-state index in [0.29, 0.717) is 30.2 Å². The number of piperidine rings is 1. The number of sulfonamides is 1. The molecule has 0 unspecified atom stereocenters. The van der Waals surface area contributed by atoms with E-state index >= 15 is 0 Å². The molecule has 1 aliphatic heterocycles. The van der Waals surface area contributed by atoms with Gasteiger partial charge in [0.25, 0.3) is 0 Å². The lowest BCUT2D eigenvalue weighted by Crippen LogP contribution is -2.39. The Morgan fingerprint density at radius 1 is 1.15 bits per heavy atom. The van der Waals surface area contributed by atoms with Gasteiger partial charge in [0.1, 0.15) is 10.7 Å². The van der Waals surface area contributed by atoms with Gasteiger partial charge in [-0.15, -0.1) is 0 Å². The molecule has 0 amide bonds. The Morgan fingerprint density at radius 3 is 2.68 bits per heavy atom. The van der Waals surface area contributed by atoms with E-state index in [0.717, 1.165) is 24.1 Å². The van der Waals surface area contributed by atoms with Gasteiger partial charge in [0, 0.05) is 38.4 Å². The second-order valence-corrected chi connectivity index (χ2v) is 11.0. The molecule has 34 heavy (non-hydrogen) atoms. The molecule has 1 saturated heterocycles. The summed E-state index contributed by atoms with van der Waals surface area (Å²) >= 11 is 5.52. The maximum absolute atomic E-state index is 13.1. The monoisotopic (exact) mass is 498 g/mol. The molecule has 1 N–H and O–H groups in total. The van der Waals surface area contributed by atoms with Gasteiger partial charge in [0.05, 0.1) is 24.6 Å². The Bertz CT molecular complexity index is 1460. The van der Waals surface area contributed by atoms with Crippen LogP contribution in [-0.2, 0) is 23.6 Å². The van der Waals surface area contributed by atoms with Crippen molar-refractivity contribution >= 4 is 22.2 Å². The summed E-state index contributed by atoms with van der Waals surface area (Å²) in [5, 5.41) is 15.9. The van der Waals surface area contributed by atoms with E-state index in [1.165, 1.54) is 26.9 Å². The average molecular weight is 499 g/mol. The topological polar surface area (TPSA) is 107 Å². The number of aromatic amines is 1. The molecule has 0 bridgehead atoms. The van der Waals surface area contributed by atoms with Crippen molar-refractivity contribution in [2.75, 3.05) is 13.1 Å².